The number of fused-ring (bicyclic) bond motifs is 4. The third kappa shape index (κ3) is 4.30. The van der Waals surface area contributed by atoms with Crippen molar-refractivity contribution < 1.29 is 14.3 Å². The Bertz CT molecular complexity index is 1360. The van der Waals surface area contributed by atoms with Crippen molar-refractivity contribution >= 4 is 34.6 Å². The number of nitrogens with two attached hydrogens (primary N) is 1. The van der Waals surface area contributed by atoms with Gasteiger partial charge in [-0.3, -0.25) is 9.59 Å². The highest BCUT2D eigenvalue weighted by atomic mass is 35.5. The average Bonchev–Trinajstić information content (AvgIpc) is 2.84. The molecule has 3 N–H and O–H groups in total. The Morgan fingerprint density at radius 3 is 2.60 bits per heavy atom. The van der Waals surface area contributed by atoms with Crippen molar-refractivity contribution in [2.45, 2.75) is 18.9 Å². The van der Waals surface area contributed by atoms with Crippen LogP contribution in [-0.4, -0.2) is 37.8 Å². The highest BCUT2D eigenvalue weighted by molar-refractivity contribution is 6.32. The number of rotatable bonds is 5. The van der Waals surface area contributed by atoms with E-state index in [-0.39, 0.29) is 17.4 Å². The van der Waals surface area contributed by atoms with Gasteiger partial charge in [-0.15, -0.1) is 0 Å². The van der Waals surface area contributed by atoms with Gasteiger partial charge in [0, 0.05) is 48.9 Å². The number of halogens is 1. The fraction of sp³-hybridized carbons (Fsp3) is 0.308. The number of nitrogens with zero attached hydrogens (tertiary/aromatic N) is 2. The van der Waals surface area contributed by atoms with Crippen molar-refractivity contribution in [1.82, 2.24) is 4.57 Å². The molecule has 182 valence electrons. The van der Waals surface area contributed by atoms with E-state index in [1.54, 1.807) is 30.3 Å². The maximum atomic E-state index is 13.0. The molecule has 2 aromatic carbocycles. The van der Waals surface area contributed by atoms with Crippen LogP contribution in [0.5, 0.6) is 11.5 Å². The first-order valence-electron chi connectivity index (χ1n) is 11.4. The number of amides is 1. The number of carbonyl (C=O) groups is 1. The van der Waals surface area contributed by atoms with Gasteiger partial charge < -0.3 is 30.0 Å². The third-order valence-corrected chi connectivity index (χ3v) is 7.13. The Labute approximate surface area is 208 Å². The molecule has 0 saturated carbocycles. The number of piperidine rings is 1. The van der Waals surface area contributed by atoms with Gasteiger partial charge in [-0.2, -0.15) is 0 Å². The maximum absolute atomic E-state index is 13.0. The molecule has 1 fully saturated rings. The van der Waals surface area contributed by atoms with E-state index in [2.05, 4.69) is 10.2 Å². The lowest BCUT2D eigenvalue weighted by Crippen LogP contribution is -2.47. The van der Waals surface area contributed by atoms with Crippen molar-refractivity contribution in [2.24, 2.45) is 5.92 Å². The largest absolute Gasteiger partial charge is 0.495 e. The van der Waals surface area contributed by atoms with Gasteiger partial charge in [0.15, 0.2) is 0 Å². The van der Waals surface area contributed by atoms with E-state index in [9.17, 15) is 9.59 Å². The highest BCUT2D eigenvalue weighted by Gasteiger charge is 2.35. The minimum atomic E-state index is -0.327. The molecule has 0 unspecified atom stereocenters. The lowest BCUT2D eigenvalue weighted by molar-refractivity contribution is 0.102. The Hall–Kier alpha value is -3.65. The number of anilines is 3. The molecule has 2 bridgehead atoms. The summed E-state index contributed by atoms with van der Waals surface area (Å²) in [6, 6.07) is 14.1. The molecular weight excluding hydrogens is 468 g/mol. The number of pyridine rings is 1. The molecule has 2 aliphatic heterocycles. The predicted molar refractivity (Wildman–Crippen MR) is 137 cm³/mol. The standard InChI is InChI=1S/C26H27ClN4O4/c1-34-23-11-24(35-2)20(10-18(23)27)29-26(33)16-6-7-22(19(28)9-16)30-12-15-8-17(14-30)21-4-3-5-25(32)31(21)13-15/h3-7,9-11,15,17H,8,12-14,28H2,1-2H3,(H,29,33)/t15-,17+/m1/s1. The molecule has 0 aliphatic carbocycles. The van der Waals surface area contributed by atoms with E-state index in [4.69, 9.17) is 26.8 Å². The van der Waals surface area contributed by atoms with Crippen LogP contribution in [0.25, 0.3) is 0 Å². The van der Waals surface area contributed by atoms with Crippen molar-refractivity contribution in [3.8, 4) is 11.5 Å². The van der Waals surface area contributed by atoms with Crippen LogP contribution in [0.15, 0.2) is 53.3 Å². The van der Waals surface area contributed by atoms with Crippen molar-refractivity contribution in [3.63, 3.8) is 0 Å². The molecule has 2 atom stereocenters. The van der Waals surface area contributed by atoms with E-state index in [1.165, 1.54) is 14.2 Å². The number of aromatic nitrogens is 1. The number of nitrogen functional groups attached to an aromatic ring is 1. The summed E-state index contributed by atoms with van der Waals surface area (Å²) in [5.74, 6) is 1.20. The average molecular weight is 495 g/mol. The summed E-state index contributed by atoms with van der Waals surface area (Å²) >= 11 is 6.22. The van der Waals surface area contributed by atoms with Crippen molar-refractivity contribution in [3.05, 3.63) is 75.2 Å². The minimum Gasteiger partial charge on any atom is -0.495 e. The Morgan fingerprint density at radius 1 is 1.06 bits per heavy atom. The SMILES string of the molecule is COc1cc(OC)c(NC(=O)c2ccc(N3C[C@H]4C[C@@H](C3)c3cccc(=O)n3C4)c(N)c2)cc1Cl. The summed E-state index contributed by atoms with van der Waals surface area (Å²) < 4.78 is 12.5. The number of carbonyl (C=O) groups excluding carboxylic acids is 1. The molecule has 1 saturated heterocycles. The summed E-state index contributed by atoms with van der Waals surface area (Å²) in [6.07, 6.45) is 1.06. The molecule has 8 nitrogen and oxygen atoms in total. The normalized spacial score (nSPS) is 18.5. The second-order valence-electron chi connectivity index (χ2n) is 9.02. The molecule has 0 spiro atoms. The van der Waals surface area contributed by atoms with Gasteiger partial charge in [0.25, 0.3) is 11.5 Å². The zero-order chi connectivity index (χ0) is 24.7. The lowest BCUT2D eigenvalue weighted by Gasteiger charge is -2.44. The maximum Gasteiger partial charge on any atom is 0.255 e. The van der Waals surface area contributed by atoms with Gasteiger partial charge in [-0.05, 0) is 42.7 Å². The van der Waals surface area contributed by atoms with E-state index < -0.39 is 0 Å². The van der Waals surface area contributed by atoms with E-state index in [0.717, 1.165) is 30.9 Å². The van der Waals surface area contributed by atoms with Gasteiger partial charge in [-0.1, -0.05) is 17.7 Å². The topological polar surface area (TPSA) is 98.8 Å². The van der Waals surface area contributed by atoms with E-state index in [0.29, 0.717) is 45.9 Å². The summed E-state index contributed by atoms with van der Waals surface area (Å²) in [4.78, 5) is 27.5. The Balaban J connectivity index is 1.36. The van der Waals surface area contributed by atoms with Crippen LogP contribution in [0.1, 0.15) is 28.4 Å². The number of hydrogen-bond donors (Lipinski definition) is 2. The minimum absolute atomic E-state index is 0.0651. The fourth-order valence-electron chi connectivity index (χ4n) is 5.23. The van der Waals surface area contributed by atoms with Crippen LogP contribution in [-0.2, 0) is 6.54 Å². The molecule has 35 heavy (non-hydrogen) atoms. The smallest absolute Gasteiger partial charge is 0.255 e. The number of hydrogen-bond acceptors (Lipinski definition) is 6. The second kappa shape index (κ2) is 9.19. The molecule has 9 heteroatoms. The first-order valence-corrected chi connectivity index (χ1v) is 11.8. The van der Waals surface area contributed by atoms with Gasteiger partial charge in [0.05, 0.1) is 36.3 Å². The van der Waals surface area contributed by atoms with Crippen LogP contribution in [0, 0.1) is 5.92 Å². The monoisotopic (exact) mass is 494 g/mol. The van der Waals surface area contributed by atoms with Gasteiger partial charge >= 0.3 is 0 Å². The van der Waals surface area contributed by atoms with Crippen molar-refractivity contribution in [2.75, 3.05) is 43.3 Å². The molecule has 0 radical (unpaired) electrons. The summed E-state index contributed by atoms with van der Waals surface area (Å²) in [7, 11) is 3.02. The van der Waals surface area contributed by atoms with Crippen LogP contribution in [0.4, 0.5) is 17.1 Å². The number of nitrogens with one attached hydrogen (secondary N) is 1. The van der Waals surface area contributed by atoms with Crippen LogP contribution in [0.3, 0.4) is 0 Å². The zero-order valence-electron chi connectivity index (χ0n) is 19.6. The van der Waals surface area contributed by atoms with Crippen LogP contribution < -0.4 is 31.0 Å². The molecule has 2 aliphatic rings. The first-order chi connectivity index (χ1) is 16.9. The lowest BCUT2D eigenvalue weighted by atomic mass is 9.83. The number of methoxy groups -OCH3 is 2. The van der Waals surface area contributed by atoms with E-state index in [1.807, 2.05) is 22.8 Å². The molecule has 3 heterocycles. The van der Waals surface area contributed by atoms with Gasteiger partial charge in [0.1, 0.15) is 11.5 Å². The van der Waals surface area contributed by atoms with Crippen LogP contribution in [0.2, 0.25) is 5.02 Å². The molecular formula is C26H27ClN4O4. The Kier molecular flexibility index (Phi) is 6.06. The van der Waals surface area contributed by atoms with Gasteiger partial charge in [-0.25, -0.2) is 0 Å². The zero-order valence-corrected chi connectivity index (χ0v) is 20.3. The van der Waals surface area contributed by atoms with E-state index >= 15 is 0 Å². The third-order valence-electron chi connectivity index (χ3n) is 6.83. The quantitative estimate of drug-likeness (QED) is 0.521. The predicted octanol–water partition coefficient (Wildman–Crippen LogP) is 3.98. The first kappa shape index (κ1) is 23.1. The molecule has 3 aromatic rings. The summed E-state index contributed by atoms with van der Waals surface area (Å²) in [6.45, 7) is 2.31. The van der Waals surface area contributed by atoms with Crippen LogP contribution >= 0.6 is 11.6 Å². The fourth-order valence-corrected chi connectivity index (χ4v) is 5.47. The number of benzene rings is 2. The van der Waals surface area contributed by atoms with Gasteiger partial charge in [0.2, 0.25) is 0 Å². The molecule has 5 rings (SSSR count). The molecule has 1 amide bonds. The van der Waals surface area contributed by atoms with Crippen molar-refractivity contribution in [1.29, 1.82) is 0 Å². The second-order valence-corrected chi connectivity index (χ2v) is 9.43. The summed E-state index contributed by atoms with van der Waals surface area (Å²) in [5, 5.41) is 3.20. The highest BCUT2D eigenvalue weighted by Crippen LogP contribution is 2.39. The Morgan fingerprint density at radius 2 is 1.86 bits per heavy atom. The summed E-state index contributed by atoms with van der Waals surface area (Å²) in [5.41, 5.74) is 9.87. The number of ether oxygens (including phenoxy) is 2. The molecule has 1 aromatic heterocycles.